The lowest BCUT2D eigenvalue weighted by atomic mass is 10.1. The van der Waals surface area contributed by atoms with Gasteiger partial charge in [0.25, 0.3) is 11.8 Å². The Bertz CT molecular complexity index is 908. The lowest BCUT2D eigenvalue weighted by Crippen LogP contribution is -2.28. The van der Waals surface area contributed by atoms with Crippen LogP contribution in [0.1, 0.15) is 35.4 Å². The Morgan fingerprint density at radius 1 is 1.26 bits per heavy atom. The molecule has 1 aromatic carbocycles. The van der Waals surface area contributed by atoms with E-state index in [1.807, 2.05) is 37.3 Å². The van der Waals surface area contributed by atoms with Crippen molar-refractivity contribution < 1.29 is 14.1 Å². The summed E-state index contributed by atoms with van der Waals surface area (Å²) < 4.78 is 10.7. The van der Waals surface area contributed by atoms with Gasteiger partial charge in [0.1, 0.15) is 0 Å². The zero-order valence-electron chi connectivity index (χ0n) is 15.0. The molecule has 1 amide bonds. The highest BCUT2D eigenvalue weighted by atomic mass is 16.5. The summed E-state index contributed by atoms with van der Waals surface area (Å²) in [6.45, 7) is 3.67. The molecule has 1 atom stereocenters. The number of ether oxygens (including phenoxy) is 1. The van der Waals surface area contributed by atoms with Crippen LogP contribution in [0.4, 0.5) is 0 Å². The molecule has 27 heavy (non-hydrogen) atoms. The normalized spacial score (nSPS) is 16.5. The van der Waals surface area contributed by atoms with Crippen molar-refractivity contribution in [3.05, 3.63) is 60.0 Å². The lowest BCUT2D eigenvalue weighted by Gasteiger charge is -2.15. The minimum absolute atomic E-state index is 0.0418. The maximum Gasteiger partial charge on any atom is 0.257 e. The fourth-order valence-electron chi connectivity index (χ4n) is 3.18. The summed E-state index contributed by atoms with van der Waals surface area (Å²) in [6.07, 6.45) is 2.37. The van der Waals surface area contributed by atoms with Crippen LogP contribution in [0.15, 0.2) is 53.2 Å². The second-order valence-corrected chi connectivity index (χ2v) is 6.38. The summed E-state index contributed by atoms with van der Waals surface area (Å²) >= 11 is 0. The zero-order valence-corrected chi connectivity index (χ0v) is 15.0. The number of carbonyl (C=O) groups is 1. The largest absolute Gasteiger partial charge is 0.478 e. The Morgan fingerprint density at radius 3 is 2.85 bits per heavy atom. The summed E-state index contributed by atoms with van der Waals surface area (Å²) in [4.78, 5) is 23.2. The Labute approximate surface area is 157 Å². The highest BCUT2D eigenvalue weighted by Crippen LogP contribution is 2.28. The van der Waals surface area contributed by atoms with Gasteiger partial charge in [0, 0.05) is 36.8 Å². The van der Waals surface area contributed by atoms with Crippen molar-refractivity contribution in [2.75, 3.05) is 19.7 Å². The fourth-order valence-corrected chi connectivity index (χ4v) is 3.18. The molecule has 0 unspecified atom stereocenters. The van der Waals surface area contributed by atoms with Crippen LogP contribution in [-0.2, 0) is 0 Å². The Hall–Kier alpha value is -3.22. The van der Waals surface area contributed by atoms with Gasteiger partial charge < -0.3 is 14.2 Å². The molecule has 0 saturated carbocycles. The summed E-state index contributed by atoms with van der Waals surface area (Å²) in [6, 6.07) is 13.1. The van der Waals surface area contributed by atoms with Gasteiger partial charge in [-0.1, -0.05) is 23.4 Å². The molecule has 1 saturated heterocycles. The molecule has 1 aliphatic rings. The lowest BCUT2D eigenvalue weighted by molar-refractivity contribution is 0.0790. The Kier molecular flexibility index (Phi) is 4.82. The summed E-state index contributed by atoms with van der Waals surface area (Å²) in [5, 5.41) is 4.12. The maximum absolute atomic E-state index is 12.7. The molecule has 0 radical (unpaired) electrons. The van der Waals surface area contributed by atoms with Crippen LogP contribution in [-0.4, -0.2) is 45.6 Å². The van der Waals surface area contributed by atoms with E-state index in [4.69, 9.17) is 9.26 Å². The number of aromatic nitrogens is 3. The van der Waals surface area contributed by atoms with Crippen LogP contribution < -0.4 is 4.74 Å². The second kappa shape index (κ2) is 7.57. The zero-order chi connectivity index (χ0) is 18.6. The van der Waals surface area contributed by atoms with Crippen LogP contribution in [0, 0.1) is 0 Å². The molecule has 2 aromatic heterocycles. The standard InChI is InChI=1S/C20H20N4O3/c1-2-26-17-9-8-15(12-21-17)20(25)24-11-10-16(13-24)18-22-19(27-23-18)14-6-4-3-5-7-14/h3-9,12,16H,2,10-11,13H2,1H3/t16-/m1/s1. The number of amides is 1. The first kappa shape index (κ1) is 17.2. The summed E-state index contributed by atoms with van der Waals surface area (Å²) in [5.74, 6) is 1.71. The predicted molar refractivity (Wildman–Crippen MR) is 98.4 cm³/mol. The Morgan fingerprint density at radius 2 is 2.11 bits per heavy atom. The van der Waals surface area contributed by atoms with Crippen molar-refractivity contribution in [1.82, 2.24) is 20.0 Å². The van der Waals surface area contributed by atoms with E-state index in [9.17, 15) is 4.79 Å². The van der Waals surface area contributed by atoms with Crippen LogP contribution in [0.25, 0.3) is 11.5 Å². The van der Waals surface area contributed by atoms with Crippen molar-refractivity contribution >= 4 is 5.91 Å². The average Bonchev–Trinajstić information content (AvgIpc) is 3.39. The van der Waals surface area contributed by atoms with E-state index in [0.717, 1.165) is 12.0 Å². The Balaban J connectivity index is 1.42. The highest BCUT2D eigenvalue weighted by Gasteiger charge is 2.31. The molecule has 138 valence electrons. The van der Waals surface area contributed by atoms with Crippen LogP contribution in [0.5, 0.6) is 5.88 Å². The number of carbonyl (C=O) groups excluding carboxylic acids is 1. The third kappa shape index (κ3) is 3.67. The first-order chi connectivity index (χ1) is 13.2. The number of nitrogens with zero attached hydrogens (tertiary/aromatic N) is 4. The minimum atomic E-state index is -0.0418. The van der Waals surface area contributed by atoms with Gasteiger partial charge in [-0.15, -0.1) is 0 Å². The van der Waals surface area contributed by atoms with E-state index in [0.29, 0.717) is 42.9 Å². The topological polar surface area (TPSA) is 81.4 Å². The van der Waals surface area contributed by atoms with E-state index in [-0.39, 0.29) is 11.8 Å². The summed E-state index contributed by atoms with van der Waals surface area (Å²) in [7, 11) is 0. The van der Waals surface area contributed by atoms with Crippen molar-refractivity contribution in [1.29, 1.82) is 0 Å². The van der Waals surface area contributed by atoms with Gasteiger partial charge in [-0.05, 0) is 31.5 Å². The number of rotatable bonds is 5. The molecule has 0 N–H and O–H groups in total. The number of hydrogen-bond donors (Lipinski definition) is 0. The molecular weight excluding hydrogens is 344 g/mol. The molecule has 0 aliphatic carbocycles. The van der Waals surface area contributed by atoms with Gasteiger partial charge in [0.2, 0.25) is 5.88 Å². The van der Waals surface area contributed by atoms with E-state index in [1.54, 1.807) is 23.2 Å². The number of pyridine rings is 1. The summed E-state index contributed by atoms with van der Waals surface area (Å²) in [5.41, 5.74) is 1.44. The minimum Gasteiger partial charge on any atom is -0.478 e. The monoisotopic (exact) mass is 364 g/mol. The molecule has 0 bridgehead atoms. The SMILES string of the molecule is CCOc1ccc(C(=O)N2CC[C@@H](c3noc(-c4ccccc4)n3)C2)cn1. The molecule has 4 rings (SSSR count). The van der Waals surface area contributed by atoms with Gasteiger partial charge in [-0.3, -0.25) is 4.79 Å². The number of likely N-dealkylation sites (tertiary alicyclic amines) is 1. The van der Waals surface area contributed by atoms with Crippen LogP contribution in [0.2, 0.25) is 0 Å². The second-order valence-electron chi connectivity index (χ2n) is 6.38. The van der Waals surface area contributed by atoms with Crippen LogP contribution in [0.3, 0.4) is 0 Å². The van der Waals surface area contributed by atoms with Crippen molar-refractivity contribution in [3.63, 3.8) is 0 Å². The highest BCUT2D eigenvalue weighted by molar-refractivity contribution is 5.94. The third-order valence-electron chi connectivity index (χ3n) is 4.58. The average molecular weight is 364 g/mol. The predicted octanol–water partition coefficient (Wildman–Crippen LogP) is 3.16. The van der Waals surface area contributed by atoms with E-state index >= 15 is 0 Å². The van der Waals surface area contributed by atoms with Crippen LogP contribution >= 0.6 is 0 Å². The molecule has 7 heteroatoms. The van der Waals surface area contributed by atoms with Gasteiger partial charge in [0.15, 0.2) is 5.82 Å². The molecule has 3 heterocycles. The first-order valence-electron chi connectivity index (χ1n) is 9.01. The van der Waals surface area contributed by atoms with E-state index in [2.05, 4.69) is 15.1 Å². The smallest absolute Gasteiger partial charge is 0.257 e. The third-order valence-corrected chi connectivity index (χ3v) is 4.58. The van der Waals surface area contributed by atoms with Crippen molar-refractivity contribution in [3.8, 4) is 17.3 Å². The molecule has 7 nitrogen and oxygen atoms in total. The van der Waals surface area contributed by atoms with Gasteiger partial charge in [0.05, 0.1) is 12.2 Å². The van der Waals surface area contributed by atoms with Crippen molar-refractivity contribution in [2.24, 2.45) is 0 Å². The van der Waals surface area contributed by atoms with Crippen molar-refractivity contribution in [2.45, 2.75) is 19.3 Å². The van der Waals surface area contributed by atoms with Gasteiger partial charge >= 0.3 is 0 Å². The molecular formula is C20H20N4O3. The van der Waals surface area contributed by atoms with E-state index in [1.165, 1.54) is 0 Å². The fraction of sp³-hybridized carbons (Fsp3) is 0.300. The first-order valence-corrected chi connectivity index (χ1v) is 9.01. The molecule has 3 aromatic rings. The van der Waals surface area contributed by atoms with E-state index < -0.39 is 0 Å². The molecule has 1 aliphatic heterocycles. The maximum atomic E-state index is 12.7. The number of hydrogen-bond acceptors (Lipinski definition) is 6. The quantitative estimate of drug-likeness (QED) is 0.692. The van der Waals surface area contributed by atoms with Gasteiger partial charge in [-0.2, -0.15) is 4.98 Å². The molecule has 0 spiro atoms. The van der Waals surface area contributed by atoms with Gasteiger partial charge in [-0.25, -0.2) is 4.98 Å². The molecule has 1 fully saturated rings. The number of benzene rings is 1.